The summed E-state index contributed by atoms with van der Waals surface area (Å²) in [5, 5.41) is 0. The number of hydrogen-bond acceptors (Lipinski definition) is 4. The van der Waals surface area contributed by atoms with Crippen molar-refractivity contribution in [3.63, 3.8) is 0 Å². The predicted molar refractivity (Wildman–Crippen MR) is 83.2 cm³/mol. The highest BCUT2D eigenvalue weighted by molar-refractivity contribution is 8.05. The van der Waals surface area contributed by atoms with Crippen molar-refractivity contribution >= 4 is 20.2 Å². The van der Waals surface area contributed by atoms with Gasteiger partial charge in [-0.2, -0.15) is 16.8 Å². The van der Waals surface area contributed by atoms with E-state index in [4.69, 9.17) is 0 Å². The predicted octanol–water partition coefficient (Wildman–Crippen LogP) is 3.11. The highest BCUT2D eigenvalue weighted by atomic mass is 32.3. The fraction of sp³-hybridized carbons (Fsp3) is 1.00. The molecule has 0 radical (unpaired) electrons. The van der Waals surface area contributed by atoms with Gasteiger partial charge in [0.25, 0.3) is 20.2 Å². The van der Waals surface area contributed by atoms with Crippen LogP contribution in [-0.2, 0) is 20.2 Å². The molecule has 0 saturated carbocycles. The Morgan fingerprint density at radius 1 is 0.810 bits per heavy atom. The van der Waals surface area contributed by atoms with Crippen LogP contribution in [0.5, 0.6) is 0 Å². The molecule has 0 saturated heterocycles. The van der Waals surface area contributed by atoms with E-state index in [-0.39, 0.29) is 0 Å². The summed E-state index contributed by atoms with van der Waals surface area (Å²) in [7, 11) is -9.96. The van der Waals surface area contributed by atoms with Gasteiger partial charge < -0.3 is 0 Å². The smallest absolute Gasteiger partial charge is 0.284 e. The average molecular weight is 344 g/mol. The third-order valence-corrected chi connectivity index (χ3v) is 8.65. The molecule has 128 valence electrons. The van der Waals surface area contributed by atoms with E-state index in [1.807, 2.05) is 13.8 Å². The minimum Gasteiger partial charge on any atom is -0.284 e. The van der Waals surface area contributed by atoms with Crippen molar-refractivity contribution in [1.29, 1.82) is 0 Å². The molecule has 0 bridgehead atoms. The first-order valence-corrected chi connectivity index (χ1v) is 10.3. The molecular formula is C13H28O6S2. The second-order valence-corrected chi connectivity index (χ2v) is 9.27. The molecule has 21 heavy (non-hydrogen) atoms. The number of rotatable bonds is 10. The normalized spacial score (nSPS) is 16.7. The molecule has 2 N–H and O–H groups in total. The largest absolute Gasteiger partial charge is 0.288 e. The fourth-order valence-corrected chi connectivity index (χ4v) is 6.63. The van der Waals surface area contributed by atoms with Gasteiger partial charge in [-0.3, -0.25) is 9.11 Å². The molecule has 2 atom stereocenters. The van der Waals surface area contributed by atoms with Crippen molar-refractivity contribution < 1.29 is 25.9 Å². The molecule has 0 aromatic heterocycles. The van der Waals surface area contributed by atoms with Crippen LogP contribution in [0.4, 0.5) is 0 Å². The van der Waals surface area contributed by atoms with Crippen LogP contribution >= 0.6 is 0 Å². The Bertz CT molecular complexity index is 461. The van der Waals surface area contributed by atoms with Crippen LogP contribution in [0.3, 0.4) is 0 Å². The Hall–Kier alpha value is -0.180. The van der Waals surface area contributed by atoms with Crippen molar-refractivity contribution in [3.8, 4) is 0 Å². The van der Waals surface area contributed by atoms with Gasteiger partial charge in [0.05, 0.1) is 0 Å². The Morgan fingerprint density at radius 2 is 1.10 bits per heavy atom. The highest BCUT2D eigenvalue weighted by Gasteiger charge is 2.61. The summed E-state index contributed by atoms with van der Waals surface area (Å²) in [5.74, 6) is -1.79. The highest BCUT2D eigenvalue weighted by Crippen LogP contribution is 2.43. The van der Waals surface area contributed by atoms with Gasteiger partial charge in [-0.15, -0.1) is 0 Å². The van der Waals surface area contributed by atoms with Gasteiger partial charge in [0, 0.05) is 0 Å². The molecule has 0 fully saturated rings. The molecule has 2 unspecified atom stereocenters. The van der Waals surface area contributed by atoms with Crippen LogP contribution in [0.1, 0.15) is 66.2 Å². The average Bonchev–Trinajstić information content (AvgIpc) is 2.30. The second kappa shape index (κ2) is 7.89. The minimum atomic E-state index is -4.98. The number of hydrogen-bond donors (Lipinski definition) is 2. The molecule has 8 heteroatoms. The summed E-state index contributed by atoms with van der Waals surface area (Å²) in [4.78, 5) is 0. The zero-order valence-electron chi connectivity index (χ0n) is 13.2. The van der Waals surface area contributed by atoms with Crippen molar-refractivity contribution in [2.24, 2.45) is 11.8 Å². The van der Waals surface area contributed by atoms with Gasteiger partial charge in [0.2, 0.25) is 4.08 Å². The van der Waals surface area contributed by atoms with Gasteiger partial charge >= 0.3 is 0 Å². The first kappa shape index (κ1) is 20.8. The van der Waals surface area contributed by atoms with Crippen LogP contribution in [0.25, 0.3) is 0 Å². The Morgan fingerprint density at radius 3 is 1.29 bits per heavy atom. The van der Waals surface area contributed by atoms with Crippen molar-refractivity contribution in [3.05, 3.63) is 0 Å². The lowest BCUT2D eigenvalue weighted by molar-refractivity contribution is 0.281. The quantitative estimate of drug-likeness (QED) is 0.589. The molecular weight excluding hydrogens is 316 g/mol. The van der Waals surface area contributed by atoms with Crippen molar-refractivity contribution in [2.45, 2.75) is 70.3 Å². The van der Waals surface area contributed by atoms with Crippen molar-refractivity contribution in [1.82, 2.24) is 0 Å². The van der Waals surface area contributed by atoms with E-state index in [0.29, 0.717) is 25.7 Å². The van der Waals surface area contributed by atoms with Gasteiger partial charge in [0.15, 0.2) is 0 Å². The van der Waals surface area contributed by atoms with Crippen molar-refractivity contribution in [2.75, 3.05) is 0 Å². The van der Waals surface area contributed by atoms with E-state index in [1.165, 1.54) is 13.8 Å². The molecule has 0 aromatic carbocycles. The van der Waals surface area contributed by atoms with Crippen LogP contribution in [0.15, 0.2) is 0 Å². The second-order valence-electron chi connectivity index (χ2n) is 5.76. The lowest BCUT2D eigenvalue weighted by atomic mass is 9.88. The van der Waals surface area contributed by atoms with E-state index < -0.39 is 36.2 Å². The molecule has 0 rings (SSSR count). The Labute approximate surface area is 128 Å². The molecule has 0 aromatic rings. The van der Waals surface area contributed by atoms with Crippen LogP contribution in [-0.4, -0.2) is 30.0 Å². The third-order valence-electron chi connectivity index (χ3n) is 4.16. The fourth-order valence-electron chi connectivity index (χ4n) is 3.06. The van der Waals surface area contributed by atoms with E-state index in [0.717, 1.165) is 12.8 Å². The topological polar surface area (TPSA) is 109 Å². The lowest BCUT2D eigenvalue weighted by Crippen LogP contribution is -2.55. The maximum atomic E-state index is 11.9. The van der Waals surface area contributed by atoms with E-state index >= 15 is 0 Å². The summed E-state index contributed by atoms with van der Waals surface area (Å²) in [6.07, 6.45) is 3.36. The molecule has 6 nitrogen and oxygen atoms in total. The Balaban J connectivity index is 6.03. The molecule has 0 heterocycles. The van der Waals surface area contributed by atoms with Gasteiger partial charge in [0.1, 0.15) is 0 Å². The summed E-state index contributed by atoms with van der Waals surface area (Å²) < 4.78 is 64.4. The summed E-state index contributed by atoms with van der Waals surface area (Å²) >= 11 is 0. The van der Waals surface area contributed by atoms with Gasteiger partial charge in [-0.25, -0.2) is 0 Å². The van der Waals surface area contributed by atoms with Crippen LogP contribution < -0.4 is 0 Å². The molecule has 0 spiro atoms. The van der Waals surface area contributed by atoms with E-state index in [2.05, 4.69) is 0 Å². The zero-order chi connectivity index (χ0) is 16.9. The Kier molecular flexibility index (Phi) is 7.83. The molecule has 0 aliphatic carbocycles. The SMILES string of the molecule is CCCCC(C)C(C(C)CCCC)(S(=O)(=O)O)S(=O)(=O)O. The standard InChI is InChI=1S/C13H28O6S2/c1-5-7-9-11(3)13(20(14,15)16,21(17,18)19)12(4)10-8-6-2/h11-12H,5-10H2,1-4H3,(H,14,15,16)(H,17,18,19). The maximum absolute atomic E-state index is 11.9. The van der Waals surface area contributed by atoms with Gasteiger partial charge in [-0.1, -0.05) is 53.4 Å². The monoisotopic (exact) mass is 344 g/mol. The summed E-state index contributed by atoms with van der Waals surface area (Å²) in [6.45, 7) is 6.71. The summed E-state index contributed by atoms with van der Waals surface area (Å²) in [5.41, 5.74) is 0. The van der Waals surface area contributed by atoms with Crippen LogP contribution in [0, 0.1) is 11.8 Å². The first-order chi connectivity index (χ1) is 9.46. The minimum absolute atomic E-state index is 0.298. The van der Waals surface area contributed by atoms with Gasteiger partial charge in [-0.05, 0) is 24.7 Å². The molecule has 0 aliphatic heterocycles. The maximum Gasteiger partial charge on any atom is 0.288 e. The number of unbranched alkanes of at least 4 members (excludes halogenated alkanes) is 2. The molecule has 0 aliphatic rings. The third kappa shape index (κ3) is 4.40. The van der Waals surface area contributed by atoms with E-state index in [1.54, 1.807) is 0 Å². The molecule has 0 amide bonds. The van der Waals surface area contributed by atoms with E-state index in [9.17, 15) is 25.9 Å². The first-order valence-electron chi connectivity index (χ1n) is 7.40. The summed E-state index contributed by atoms with van der Waals surface area (Å²) in [6, 6.07) is 0. The lowest BCUT2D eigenvalue weighted by Gasteiger charge is -2.38. The zero-order valence-corrected chi connectivity index (χ0v) is 14.9. The van der Waals surface area contributed by atoms with Crippen LogP contribution in [0.2, 0.25) is 0 Å².